The van der Waals surface area contributed by atoms with Crippen LogP contribution in [0.2, 0.25) is 5.02 Å². The van der Waals surface area contributed by atoms with Gasteiger partial charge in [-0.05, 0) is 42.0 Å². The van der Waals surface area contributed by atoms with E-state index in [2.05, 4.69) is 15.3 Å². The Labute approximate surface area is 195 Å². The van der Waals surface area contributed by atoms with Gasteiger partial charge >= 0.3 is 0 Å². The molecule has 0 atom stereocenters. The average molecular weight is 462 g/mol. The van der Waals surface area contributed by atoms with E-state index in [9.17, 15) is 4.79 Å². The number of nitrogens with one attached hydrogen (secondary N) is 1. The molecule has 2 aromatic carbocycles. The van der Waals surface area contributed by atoms with Gasteiger partial charge in [0.15, 0.2) is 0 Å². The fourth-order valence-electron chi connectivity index (χ4n) is 2.86. The molecular weight excluding hydrogens is 442 g/mol. The average Bonchev–Trinajstić information content (AvgIpc) is 3.31. The van der Waals surface area contributed by atoms with Crippen molar-refractivity contribution in [2.45, 2.75) is 13.2 Å². The van der Waals surface area contributed by atoms with Crippen LogP contribution in [0, 0.1) is 0 Å². The number of carbonyl (C=O) groups is 1. The molecule has 0 radical (unpaired) electrons. The predicted octanol–water partition coefficient (Wildman–Crippen LogP) is 5.77. The summed E-state index contributed by atoms with van der Waals surface area (Å²) in [4.78, 5) is 21.0. The summed E-state index contributed by atoms with van der Waals surface area (Å²) in [6.07, 6.45) is 5.00. The van der Waals surface area contributed by atoms with E-state index < -0.39 is 0 Å². The van der Waals surface area contributed by atoms with E-state index in [4.69, 9.17) is 16.3 Å². The van der Waals surface area contributed by atoms with Gasteiger partial charge in [0.2, 0.25) is 5.91 Å². The van der Waals surface area contributed by atoms with Gasteiger partial charge in [-0.3, -0.25) is 9.78 Å². The molecule has 0 saturated carbocycles. The largest absolute Gasteiger partial charge is 0.489 e. The Hall–Kier alpha value is -3.48. The van der Waals surface area contributed by atoms with Crippen LogP contribution in [0.3, 0.4) is 0 Å². The molecule has 160 valence electrons. The molecule has 2 heterocycles. The number of carbonyl (C=O) groups excluding carboxylic acids is 1. The van der Waals surface area contributed by atoms with Crippen molar-refractivity contribution in [1.82, 2.24) is 15.3 Å². The number of pyridine rings is 1. The van der Waals surface area contributed by atoms with Crippen molar-refractivity contribution >= 4 is 34.9 Å². The lowest BCUT2D eigenvalue weighted by molar-refractivity contribution is -0.116. The molecule has 0 fully saturated rings. The van der Waals surface area contributed by atoms with E-state index in [1.165, 1.54) is 17.4 Å². The Morgan fingerprint density at radius 2 is 1.88 bits per heavy atom. The maximum atomic E-state index is 12.2. The quantitative estimate of drug-likeness (QED) is 0.338. The van der Waals surface area contributed by atoms with Crippen molar-refractivity contribution in [3.05, 3.63) is 106 Å². The van der Waals surface area contributed by atoms with Crippen LogP contribution >= 0.6 is 22.9 Å². The van der Waals surface area contributed by atoms with Crippen molar-refractivity contribution in [2.24, 2.45) is 0 Å². The fraction of sp³-hybridized carbons (Fsp3) is 0.0800. The van der Waals surface area contributed by atoms with Crippen LogP contribution in [0.25, 0.3) is 16.8 Å². The number of thiazole rings is 1. The Morgan fingerprint density at radius 1 is 1.06 bits per heavy atom. The van der Waals surface area contributed by atoms with Gasteiger partial charge in [-0.1, -0.05) is 48.0 Å². The Morgan fingerprint density at radius 3 is 2.66 bits per heavy atom. The topological polar surface area (TPSA) is 64.1 Å². The van der Waals surface area contributed by atoms with Gasteiger partial charge < -0.3 is 10.1 Å². The second kappa shape index (κ2) is 10.7. The smallest absolute Gasteiger partial charge is 0.244 e. The first-order chi connectivity index (χ1) is 15.7. The summed E-state index contributed by atoms with van der Waals surface area (Å²) in [7, 11) is 0. The number of hydrogen-bond donors (Lipinski definition) is 1. The third-order valence-electron chi connectivity index (χ3n) is 4.54. The number of rotatable bonds is 8. The minimum atomic E-state index is -0.184. The lowest BCUT2D eigenvalue weighted by Crippen LogP contribution is -2.20. The summed E-state index contributed by atoms with van der Waals surface area (Å²) in [5.74, 6) is 0.551. The highest BCUT2D eigenvalue weighted by molar-refractivity contribution is 7.13. The number of aromatic nitrogens is 2. The van der Waals surface area contributed by atoms with E-state index in [-0.39, 0.29) is 5.91 Å². The fourth-order valence-corrected chi connectivity index (χ4v) is 3.84. The van der Waals surface area contributed by atoms with Crippen LogP contribution in [0.4, 0.5) is 0 Å². The zero-order valence-electron chi connectivity index (χ0n) is 17.1. The summed E-state index contributed by atoms with van der Waals surface area (Å²) in [5, 5.41) is 6.30. The van der Waals surface area contributed by atoms with Crippen LogP contribution in [0.1, 0.15) is 16.8 Å². The second-order valence-corrected chi connectivity index (χ2v) is 8.12. The van der Waals surface area contributed by atoms with Gasteiger partial charge in [-0.25, -0.2) is 4.98 Å². The highest BCUT2D eigenvalue weighted by Crippen LogP contribution is 2.21. The number of nitrogens with zero attached hydrogens (tertiary/aromatic N) is 2. The summed E-state index contributed by atoms with van der Waals surface area (Å²) in [6.45, 7) is 0.761. The first-order valence-electron chi connectivity index (χ1n) is 9.95. The van der Waals surface area contributed by atoms with E-state index >= 15 is 0 Å². The summed E-state index contributed by atoms with van der Waals surface area (Å²) in [6, 6.07) is 20.8. The maximum absolute atomic E-state index is 12.2. The molecule has 0 bridgehead atoms. The minimum absolute atomic E-state index is 0.184. The first kappa shape index (κ1) is 21.7. The molecule has 4 aromatic rings. The van der Waals surface area contributed by atoms with E-state index in [0.717, 1.165) is 33.3 Å². The number of halogens is 1. The molecule has 7 heteroatoms. The maximum Gasteiger partial charge on any atom is 0.244 e. The molecule has 0 saturated heterocycles. The zero-order valence-corrected chi connectivity index (χ0v) is 18.6. The molecule has 0 aliphatic rings. The SMILES string of the molecule is O=C(/C=C/c1ccc(OCc2ccccc2Cl)cc1)NCc1csc(-c2ccccn2)n1. The first-order valence-corrected chi connectivity index (χ1v) is 11.2. The molecule has 1 N–H and O–H groups in total. The monoisotopic (exact) mass is 461 g/mol. The second-order valence-electron chi connectivity index (χ2n) is 6.86. The highest BCUT2D eigenvalue weighted by Gasteiger charge is 2.06. The normalized spacial score (nSPS) is 10.9. The van der Waals surface area contributed by atoms with Crippen molar-refractivity contribution < 1.29 is 9.53 Å². The lowest BCUT2D eigenvalue weighted by atomic mass is 10.2. The molecule has 0 aliphatic carbocycles. The van der Waals surface area contributed by atoms with Gasteiger partial charge in [0, 0.05) is 28.2 Å². The van der Waals surface area contributed by atoms with Gasteiger partial charge in [0.1, 0.15) is 17.4 Å². The molecule has 1 amide bonds. The third-order valence-corrected chi connectivity index (χ3v) is 5.82. The molecule has 5 nitrogen and oxygen atoms in total. The number of ether oxygens (including phenoxy) is 1. The van der Waals surface area contributed by atoms with Crippen LogP contribution in [0.15, 0.2) is 84.4 Å². The summed E-state index contributed by atoms with van der Waals surface area (Å²) >= 11 is 7.65. The van der Waals surface area contributed by atoms with Crippen LogP contribution in [0.5, 0.6) is 5.75 Å². The third kappa shape index (κ3) is 6.03. The molecule has 4 rings (SSSR count). The minimum Gasteiger partial charge on any atom is -0.489 e. The van der Waals surface area contributed by atoms with Crippen LogP contribution in [-0.4, -0.2) is 15.9 Å². The van der Waals surface area contributed by atoms with Gasteiger partial charge in [-0.2, -0.15) is 0 Å². The van der Waals surface area contributed by atoms with Crippen molar-refractivity contribution in [2.75, 3.05) is 0 Å². The highest BCUT2D eigenvalue weighted by atomic mass is 35.5. The molecule has 0 spiro atoms. The van der Waals surface area contributed by atoms with Crippen molar-refractivity contribution in [3.63, 3.8) is 0 Å². The van der Waals surface area contributed by atoms with Gasteiger partial charge in [0.25, 0.3) is 0 Å². The lowest BCUT2D eigenvalue weighted by Gasteiger charge is -2.07. The molecule has 2 aromatic heterocycles. The Balaban J connectivity index is 1.25. The van der Waals surface area contributed by atoms with Crippen molar-refractivity contribution in [3.8, 4) is 16.5 Å². The summed E-state index contributed by atoms with van der Waals surface area (Å²) < 4.78 is 5.78. The van der Waals surface area contributed by atoms with Gasteiger partial charge in [0.05, 0.1) is 17.9 Å². The van der Waals surface area contributed by atoms with Crippen LogP contribution in [-0.2, 0) is 17.9 Å². The number of hydrogen-bond acceptors (Lipinski definition) is 5. The van der Waals surface area contributed by atoms with Crippen LogP contribution < -0.4 is 10.1 Å². The van der Waals surface area contributed by atoms with Gasteiger partial charge in [-0.15, -0.1) is 11.3 Å². The summed E-state index contributed by atoms with van der Waals surface area (Å²) in [5.41, 5.74) is 3.46. The Bertz CT molecular complexity index is 1210. The van der Waals surface area contributed by atoms with Crippen molar-refractivity contribution in [1.29, 1.82) is 0 Å². The standard InChI is InChI=1S/C25H20ClN3O2S/c26-22-6-2-1-5-19(22)16-31-21-11-8-18(9-12-21)10-13-24(30)28-15-20-17-32-25(29-20)23-7-3-4-14-27-23/h1-14,17H,15-16H2,(H,28,30)/b13-10+. The van der Waals surface area contributed by atoms with E-state index in [0.29, 0.717) is 18.2 Å². The zero-order chi connectivity index (χ0) is 22.2. The van der Waals surface area contributed by atoms with E-state index in [1.54, 1.807) is 12.3 Å². The number of amides is 1. The van der Waals surface area contributed by atoms with E-state index in [1.807, 2.05) is 72.1 Å². The Kier molecular flexibility index (Phi) is 7.27. The number of benzene rings is 2. The molecular formula is C25H20ClN3O2S. The predicted molar refractivity (Wildman–Crippen MR) is 128 cm³/mol. The molecule has 0 unspecified atom stereocenters. The molecule has 32 heavy (non-hydrogen) atoms. The molecule has 0 aliphatic heterocycles.